The molecular weight excluding hydrogens is 438 g/mol. The molecule has 1 unspecified atom stereocenters. The van der Waals surface area contributed by atoms with E-state index in [1.54, 1.807) is 30.6 Å². The highest BCUT2D eigenvalue weighted by Crippen LogP contribution is 2.28. The first kappa shape index (κ1) is 18.9. The molecule has 29 heavy (non-hydrogen) atoms. The minimum atomic E-state index is -0.894. The Morgan fingerprint density at radius 3 is 2.62 bits per heavy atom. The van der Waals surface area contributed by atoms with Gasteiger partial charge in [-0.05, 0) is 51.8 Å². The Balaban J connectivity index is 1.65. The van der Waals surface area contributed by atoms with Gasteiger partial charge >= 0.3 is 5.97 Å². The molecule has 0 aliphatic carbocycles. The van der Waals surface area contributed by atoms with Gasteiger partial charge in [-0.15, -0.1) is 0 Å². The molecule has 0 fully saturated rings. The van der Waals surface area contributed by atoms with E-state index in [4.69, 9.17) is 4.42 Å². The molecular formula is C21H16BrN3O4. The third kappa shape index (κ3) is 4.07. The summed E-state index contributed by atoms with van der Waals surface area (Å²) in [5.74, 6) is -1.08. The smallest absolute Gasteiger partial charge is 0.305 e. The van der Waals surface area contributed by atoms with Gasteiger partial charge in [0.15, 0.2) is 10.4 Å². The summed E-state index contributed by atoms with van der Waals surface area (Å²) in [5.41, 5.74) is 2.87. The predicted molar refractivity (Wildman–Crippen MR) is 111 cm³/mol. The van der Waals surface area contributed by atoms with Crippen molar-refractivity contribution in [2.45, 2.75) is 12.5 Å². The standard InChI is InChI=1S/C21H16BrN3O4/c22-19-9-8-18(29-19)21(28)24-14-6-7-16-15(10-14)23-12-25(16)17(11-20(26)27)13-4-2-1-3-5-13/h1-10,12,17H,11H2,(H,24,28)(H,26,27). The third-order valence-electron chi connectivity index (χ3n) is 4.52. The van der Waals surface area contributed by atoms with Crippen LogP contribution in [-0.2, 0) is 4.79 Å². The molecule has 2 heterocycles. The zero-order chi connectivity index (χ0) is 20.4. The topological polar surface area (TPSA) is 97.4 Å². The molecule has 0 radical (unpaired) electrons. The van der Waals surface area contributed by atoms with Gasteiger partial charge < -0.3 is 19.4 Å². The second-order valence-corrected chi connectivity index (χ2v) is 7.22. The number of nitrogens with one attached hydrogen (secondary N) is 1. The monoisotopic (exact) mass is 453 g/mol. The highest BCUT2D eigenvalue weighted by atomic mass is 79.9. The Bertz CT molecular complexity index is 1180. The fourth-order valence-electron chi connectivity index (χ4n) is 3.20. The van der Waals surface area contributed by atoms with E-state index in [1.165, 1.54) is 0 Å². The Morgan fingerprint density at radius 2 is 1.93 bits per heavy atom. The van der Waals surface area contributed by atoms with Crippen LogP contribution in [0.25, 0.3) is 11.0 Å². The number of imidazole rings is 1. The molecule has 0 saturated carbocycles. The summed E-state index contributed by atoms with van der Waals surface area (Å²) in [7, 11) is 0. The van der Waals surface area contributed by atoms with Crippen molar-refractivity contribution in [3.8, 4) is 0 Å². The van der Waals surface area contributed by atoms with Gasteiger partial charge in [0, 0.05) is 5.69 Å². The number of aliphatic carboxylic acids is 1. The molecule has 2 N–H and O–H groups in total. The quantitative estimate of drug-likeness (QED) is 0.440. The molecule has 2 aromatic heterocycles. The van der Waals surface area contributed by atoms with Crippen molar-refractivity contribution in [1.29, 1.82) is 0 Å². The van der Waals surface area contributed by atoms with Crippen molar-refractivity contribution in [1.82, 2.24) is 9.55 Å². The molecule has 0 saturated heterocycles. The van der Waals surface area contributed by atoms with Crippen LogP contribution in [0.15, 0.2) is 76.1 Å². The molecule has 146 valence electrons. The number of carbonyl (C=O) groups is 2. The van der Waals surface area contributed by atoms with Gasteiger partial charge in [0.2, 0.25) is 0 Å². The van der Waals surface area contributed by atoms with Crippen LogP contribution >= 0.6 is 15.9 Å². The molecule has 8 heteroatoms. The Morgan fingerprint density at radius 1 is 1.14 bits per heavy atom. The number of carbonyl (C=O) groups excluding carboxylic acids is 1. The Kier molecular flexibility index (Phi) is 5.18. The Hall–Kier alpha value is -3.39. The van der Waals surface area contributed by atoms with Crippen molar-refractivity contribution in [3.05, 3.63) is 83.0 Å². The largest absolute Gasteiger partial charge is 0.481 e. The summed E-state index contributed by atoms with van der Waals surface area (Å²) in [4.78, 5) is 28.1. The first-order valence-electron chi connectivity index (χ1n) is 8.81. The van der Waals surface area contributed by atoms with Gasteiger partial charge in [0.1, 0.15) is 0 Å². The van der Waals surface area contributed by atoms with Crippen LogP contribution < -0.4 is 5.32 Å². The number of fused-ring (bicyclic) bond motifs is 1. The van der Waals surface area contributed by atoms with Crippen LogP contribution in [0.4, 0.5) is 5.69 Å². The van der Waals surface area contributed by atoms with E-state index < -0.39 is 5.97 Å². The number of carboxylic acids is 1. The van der Waals surface area contributed by atoms with Crippen molar-refractivity contribution < 1.29 is 19.1 Å². The van der Waals surface area contributed by atoms with Gasteiger partial charge in [-0.3, -0.25) is 9.59 Å². The van der Waals surface area contributed by atoms with Crippen LogP contribution in [0, 0.1) is 0 Å². The summed E-state index contributed by atoms with van der Waals surface area (Å²) in [5, 5.41) is 12.1. The maximum Gasteiger partial charge on any atom is 0.305 e. The summed E-state index contributed by atoms with van der Waals surface area (Å²) in [6, 6.07) is 17.6. The first-order chi connectivity index (χ1) is 14.0. The third-order valence-corrected chi connectivity index (χ3v) is 4.94. The summed E-state index contributed by atoms with van der Waals surface area (Å²) >= 11 is 3.17. The number of aromatic nitrogens is 2. The minimum Gasteiger partial charge on any atom is -0.481 e. The second kappa shape index (κ2) is 7.92. The zero-order valence-corrected chi connectivity index (χ0v) is 16.7. The van der Waals surface area contributed by atoms with E-state index in [0.29, 0.717) is 15.9 Å². The van der Waals surface area contributed by atoms with Gasteiger partial charge in [-0.25, -0.2) is 4.98 Å². The molecule has 0 aliphatic heterocycles. The van der Waals surface area contributed by atoms with Crippen LogP contribution in [0.5, 0.6) is 0 Å². The molecule has 4 aromatic rings. The van der Waals surface area contributed by atoms with E-state index >= 15 is 0 Å². The number of anilines is 1. The summed E-state index contributed by atoms with van der Waals surface area (Å²) in [6.07, 6.45) is 1.56. The lowest BCUT2D eigenvalue weighted by Crippen LogP contribution is -2.14. The van der Waals surface area contributed by atoms with Crippen LogP contribution in [0.2, 0.25) is 0 Å². The summed E-state index contributed by atoms with van der Waals surface area (Å²) in [6.45, 7) is 0. The normalized spacial score (nSPS) is 12.0. The lowest BCUT2D eigenvalue weighted by molar-refractivity contribution is -0.137. The van der Waals surface area contributed by atoms with E-state index in [9.17, 15) is 14.7 Å². The number of furan rings is 1. The van der Waals surface area contributed by atoms with Crippen LogP contribution in [0.1, 0.15) is 28.6 Å². The van der Waals surface area contributed by atoms with E-state index in [2.05, 4.69) is 26.2 Å². The van der Waals surface area contributed by atoms with Gasteiger partial charge in [-0.1, -0.05) is 30.3 Å². The number of carboxylic acid groups (broad SMARTS) is 1. The molecule has 0 aliphatic rings. The van der Waals surface area contributed by atoms with Crippen molar-refractivity contribution in [2.24, 2.45) is 0 Å². The van der Waals surface area contributed by atoms with Crippen LogP contribution in [-0.4, -0.2) is 26.5 Å². The second-order valence-electron chi connectivity index (χ2n) is 6.44. The fourth-order valence-corrected chi connectivity index (χ4v) is 3.51. The van der Waals surface area contributed by atoms with Gasteiger partial charge in [-0.2, -0.15) is 0 Å². The van der Waals surface area contributed by atoms with E-state index in [0.717, 1.165) is 11.1 Å². The SMILES string of the molecule is O=C(O)CC(c1ccccc1)n1cnc2cc(NC(=O)c3ccc(Br)o3)ccc21. The molecule has 4 rings (SSSR count). The average Bonchev–Trinajstić information content (AvgIpc) is 3.33. The lowest BCUT2D eigenvalue weighted by Gasteiger charge is -2.18. The van der Waals surface area contributed by atoms with Gasteiger partial charge in [0.05, 0.1) is 29.8 Å². The number of nitrogens with zero attached hydrogens (tertiary/aromatic N) is 2. The maximum atomic E-state index is 12.3. The number of hydrogen-bond acceptors (Lipinski definition) is 4. The highest BCUT2D eigenvalue weighted by Gasteiger charge is 2.20. The van der Waals surface area contributed by atoms with Crippen molar-refractivity contribution in [2.75, 3.05) is 5.32 Å². The van der Waals surface area contributed by atoms with Crippen molar-refractivity contribution >= 4 is 44.5 Å². The van der Waals surface area contributed by atoms with Gasteiger partial charge in [0.25, 0.3) is 5.91 Å². The molecule has 7 nitrogen and oxygen atoms in total. The first-order valence-corrected chi connectivity index (χ1v) is 9.60. The molecule has 0 spiro atoms. The number of benzene rings is 2. The molecule has 2 aromatic carbocycles. The number of rotatable bonds is 6. The minimum absolute atomic E-state index is 0.0681. The van der Waals surface area contributed by atoms with E-state index in [1.807, 2.05) is 41.0 Å². The number of hydrogen-bond donors (Lipinski definition) is 2. The Labute approximate surface area is 174 Å². The maximum absolute atomic E-state index is 12.3. The lowest BCUT2D eigenvalue weighted by atomic mass is 10.0. The summed E-state index contributed by atoms with van der Waals surface area (Å²) < 4.78 is 7.57. The highest BCUT2D eigenvalue weighted by molar-refractivity contribution is 9.10. The molecule has 0 bridgehead atoms. The number of halogens is 1. The average molecular weight is 454 g/mol. The van der Waals surface area contributed by atoms with Crippen molar-refractivity contribution in [3.63, 3.8) is 0 Å². The molecule has 1 amide bonds. The fraction of sp³-hybridized carbons (Fsp3) is 0.0952. The van der Waals surface area contributed by atoms with E-state index in [-0.39, 0.29) is 24.1 Å². The number of amides is 1. The van der Waals surface area contributed by atoms with Crippen LogP contribution in [0.3, 0.4) is 0 Å². The zero-order valence-electron chi connectivity index (χ0n) is 15.1. The predicted octanol–water partition coefficient (Wildman–Crippen LogP) is 4.71. The molecule has 1 atom stereocenters.